The third kappa shape index (κ3) is 3.68. The summed E-state index contributed by atoms with van der Waals surface area (Å²) >= 11 is 2.96. The molecule has 0 fully saturated rings. The number of carboxylic acids is 1. The lowest BCUT2D eigenvalue weighted by Gasteiger charge is -2.15. The number of benzene rings is 1. The minimum atomic E-state index is -1.15. The number of hydrogen-bond donors (Lipinski definition) is 2. The maximum Gasteiger partial charge on any atom is 0.336 e. The molecule has 0 heterocycles. The summed E-state index contributed by atoms with van der Waals surface area (Å²) in [6.45, 7) is 4.35. The number of halogens is 2. The first kappa shape index (κ1) is 14.9. The van der Waals surface area contributed by atoms with Crippen LogP contribution in [0, 0.1) is 5.82 Å². The van der Waals surface area contributed by atoms with Gasteiger partial charge in [0.15, 0.2) is 5.82 Å². The molecule has 0 aliphatic heterocycles. The maximum absolute atomic E-state index is 13.8. The molecule has 0 aromatic heterocycles. The molecule has 0 aliphatic rings. The highest BCUT2D eigenvalue weighted by molar-refractivity contribution is 9.10. The molecule has 1 aromatic rings. The molecule has 0 saturated heterocycles. The lowest BCUT2D eigenvalue weighted by Crippen LogP contribution is -2.25. The average Bonchev–Trinajstić information content (AvgIpc) is 2.33. The second-order valence-electron chi connectivity index (χ2n) is 3.92. The van der Waals surface area contributed by atoms with Crippen LogP contribution >= 0.6 is 15.9 Å². The van der Waals surface area contributed by atoms with E-state index in [4.69, 9.17) is 5.11 Å². The fraction of sp³-hybridized carbons (Fsp3) is 0.417. The van der Waals surface area contributed by atoms with Crippen LogP contribution in [0.5, 0.6) is 0 Å². The van der Waals surface area contributed by atoms with Crippen molar-refractivity contribution in [3.63, 3.8) is 0 Å². The number of carboxylic acid groups (broad SMARTS) is 1. The lowest BCUT2D eigenvalue weighted by atomic mass is 10.2. The average molecular weight is 319 g/mol. The number of rotatable bonds is 6. The van der Waals surface area contributed by atoms with Gasteiger partial charge in [-0.05, 0) is 41.7 Å². The van der Waals surface area contributed by atoms with E-state index in [9.17, 15) is 9.18 Å². The molecule has 1 rings (SSSR count). The van der Waals surface area contributed by atoms with Crippen LogP contribution in [0.4, 0.5) is 10.1 Å². The van der Waals surface area contributed by atoms with Crippen LogP contribution in [0.1, 0.15) is 17.3 Å². The Morgan fingerprint density at radius 3 is 2.78 bits per heavy atom. The minimum Gasteiger partial charge on any atom is -0.478 e. The molecule has 6 heteroatoms. The fourth-order valence-corrected chi connectivity index (χ4v) is 1.91. The lowest BCUT2D eigenvalue weighted by molar-refractivity contribution is 0.0695. The second-order valence-corrected chi connectivity index (χ2v) is 4.71. The predicted molar refractivity (Wildman–Crippen MR) is 72.7 cm³/mol. The molecule has 0 unspecified atom stereocenters. The van der Waals surface area contributed by atoms with Crippen LogP contribution in [-0.4, -0.2) is 42.7 Å². The fourth-order valence-electron chi connectivity index (χ4n) is 1.39. The zero-order valence-corrected chi connectivity index (χ0v) is 11.9. The molecule has 0 aliphatic carbocycles. The van der Waals surface area contributed by atoms with Gasteiger partial charge in [0.25, 0.3) is 0 Å². The van der Waals surface area contributed by atoms with Crippen molar-refractivity contribution in [1.82, 2.24) is 4.90 Å². The standard InChI is InChI=1S/C12H16BrFN2O2/c1-3-16(2)7-6-15-9-5-4-8(12(17)18)10(13)11(9)14/h4-5,15H,3,6-7H2,1-2H3,(H,17,18). The second kappa shape index (κ2) is 6.70. The molecular formula is C12H16BrFN2O2. The summed E-state index contributed by atoms with van der Waals surface area (Å²) in [4.78, 5) is 12.9. The number of likely N-dealkylation sites (N-methyl/N-ethyl adjacent to an activating group) is 1. The Labute approximate surface area is 114 Å². The Morgan fingerprint density at radius 2 is 2.22 bits per heavy atom. The zero-order chi connectivity index (χ0) is 13.7. The van der Waals surface area contributed by atoms with E-state index in [2.05, 4.69) is 26.1 Å². The smallest absolute Gasteiger partial charge is 0.336 e. The summed E-state index contributed by atoms with van der Waals surface area (Å²) < 4.78 is 13.8. The van der Waals surface area contributed by atoms with E-state index in [1.807, 2.05) is 14.0 Å². The van der Waals surface area contributed by atoms with Crippen molar-refractivity contribution in [2.45, 2.75) is 6.92 Å². The molecule has 0 spiro atoms. The summed E-state index contributed by atoms with van der Waals surface area (Å²) in [5, 5.41) is 11.8. The van der Waals surface area contributed by atoms with Gasteiger partial charge in [0.1, 0.15) is 0 Å². The summed E-state index contributed by atoms with van der Waals surface area (Å²) in [5.74, 6) is -1.73. The van der Waals surface area contributed by atoms with Gasteiger partial charge in [0.2, 0.25) is 0 Å². The quantitative estimate of drug-likeness (QED) is 0.846. The van der Waals surface area contributed by atoms with Gasteiger partial charge in [-0.1, -0.05) is 6.92 Å². The molecule has 0 saturated carbocycles. The molecule has 4 nitrogen and oxygen atoms in total. The summed E-state index contributed by atoms with van der Waals surface area (Å²) in [6.07, 6.45) is 0. The van der Waals surface area contributed by atoms with Crippen molar-refractivity contribution >= 4 is 27.6 Å². The third-order valence-corrected chi connectivity index (χ3v) is 3.44. The van der Waals surface area contributed by atoms with E-state index in [1.165, 1.54) is 12.1 Å². The van der Waals surface area contributed by atoms with E-state index in [1.54, 1.807) is 0 Å². The third-order valence-electron chi connectivity index (χ3n) is 2.66. The van der Waals surface area contributed by atoms with Gasteiger partial charge in [-0.25, -0.2) is 9.18 Å². The van der Waals surface area contributed by atoms with Crippen LogP contribution in [0.3, 0.4) is 0 Å². The van der Waals surface area contributed by atoms with Gasteiger partial charge in [0.05, 0.1) is 15.7 Å². The van der Waals surface area contributed by atoms with Gasteiger partial charge in [0, 0.05) is 13.1 Å². The highest BCUT2D eigenvalue weighted by Gasteiger charge is 2.15. The SMILES string of the molecule is CCN(C)CCNc1ccc(C(=O)O)c(Br)c1F. The van der Waals surface area contributed by atoms with E-state index < -0.39 is 11.8 Å². The zero-order valence-electron chi connectivity index (χ0n) is 10.3. The molecule has 100 valence electrons. The summed E-state index contributed by atoms with van der Waals surface area (Å²) in [6, 6.07) is 2.82. The summed E-state index contributed by atoms with van der Waals surface area (Å²) in [7, 11) is 1.97. The number of nitrogens with one attached hydrogen (secondary N) is 1. The number of hydrogen-bond acceptors (Lipinski definition) is 3. The Balaban J connectivity index is 2.74. The highest BCUT2D eigenvalue weighted by atomic mass is 79.9. The molecule has 18 heavy (non-hydrogen) atoms. The van der Waals surface area contributed by atoms with Gasteiger partial charge in [-0.2, -0.15) is 0 Å². The van der Waals surface area contributed by atoms with Crippen molar-refractivity contribution in [3.8, 4) is 0 Å². The maximum atomic E-state index is 13.8. The molecular weight excluding hydrogens is 303 g/mol. The first-order chi connectivity index (χ1) is 8.47. The predicted octanol–water partition coefficient (Wildman–Crippen LogP) is 2.65. The van der Waals surface area contributed by atoms with Crippen LogP contribution in [0.2, 0.25) is 0 Å². The van der Waals surface area contributed by atoms with Crippen molar-refractivity contribution in [2.24, 2.45) is 0 Å². The van der Waals surface area contributed by atoms with Gasteiger partial charge in [-0.15, -0.1) is 0 Å². The molecule has 0 radical (unpaired) electrons. The molecule has 0 bridgehead atoms. The molecule has 2 N–H and O–H groups in total. The van der Waals surface area contributed by atoms with Crippen LogP contribution < -0.4 is 5.32 Å². The van der Waals surface area contributed by atoms with Gasteiger partial charge < -0.3 is 15.3 Å². The van der Waals surface area contributed by atoms with Crippen molar-refractivity contribution in [3.05, 3.63) is 28.0 Å². The number of nitrogens with zero attached hydrogens (tertiary/aromatic N) is 1. The van der Waals surface area contributed by atoms with Crippen molar-refractivity contribution in [2.75, 3.05) is 32.0 Å². The van der Waals surface area contributed by atoms with Crippen molar-refractivity contribution in [1.29, 1.82) is 0 Å². The number of aromatic carboxylic acids is 1. The van der Waals surface area contributed by atoms with Crippen LogP contribution in [-0.2, 0) is 0 Å². The highest BCUT2D eigenvalue weighted by Crippen LogP contribution is 2.26. The number of anilines is 1. The monoisotopic (exact) mass is 318 g/mol. The molecule has 0 amide bonds. The minimum absolute atomic E-state index is 0.0242. The first-order valence-corrected chi connectivity index (χ1v) is 6.40. The van der Waals surface area contributed by atoms with Crippen molar-refractivity contribution < 1.29 is 14.3 Å². The summed E-state index contributed by atoms with van der Waals surface area (Å²) in [5.41, 5.74) is 0.222. The topological polar surface area (TPSA) is 52.6 Å². The number of carbonyl (C=O) groups is 1. The van der Waals surface area contributed by atoms with E-state index in [-0.39, 0.29) is 10.0 Å². The van der Waals surface area contributed by atoms with Crippen LogP contribution in [0.15, 0.2) is 16.6 Å². The van der Waals surface area contributed by atoms with Crippen LogP contribution in [0.25, 0.3) is 0 Å². The van der Waals surface area contributed by atoms with E-state index >= 15 is 0 Å². The Morgan fingerprint density at radius 1 is 1.56 bits per heavy atom. The Hall–Kier alpha value is -1.14. The van der Waals surface area contributed by atoms with Gasteiger partial charge in [-0.3, -0.25) is 0 Å². The van der Waals surface area contributed by atoms with E-state index in [0.717, 1.165) is 13.1 Å². The molecule has 0 atom stereocenters. The Kier molecular flexibility index (Phi) is 5.55. The first-order valence-electron chi connectivity index (χ1n) is 5.61. The Bertz CT molecular complexity index is 440. The van der Waals surface area contributed by atoms with E-state index in [0.29, 0.717) is 12.2 Å². The van der Waals surface area contributed by atoms with Gasteiger partial charge >= 0.3 is 5.97 Å². The largest absolute Gasteiger partial charge is 0.478 e. The molecule has 1 aromatic carbocycles. The normalized spacial score (nSPS) is 10.7.